The van der Waals surface area contributed by atoms with E-state index < -0.39 is 0 Å². The lowest BCUT2D eigenvalue weighted by Gasteiger charge is -2.19. The predicted octanol–water partition coefficient (Wildman–Crippen LogP) is 4.13. The molecule has 1 fully saturated rings. The molecule has 29 heavy (non-hydrogen) atoms. The molecule has 1 amide bonds. The largest absolute Gasteiger partial charge is 0.481 e. The average molecular weight is 392 g/mol. The SMILES string of the molecule is C#CCOc1ccccc1CNc1ccc(NC(=O)CN2CCCCCC2)cc1. The van der Waals surface area contributed by atoms with Gasteiger partial charge in [0.25, 0.3) is 0 Å². The van der Waals surface area contributed by atoms with Crippen LogP contribution >= 0.6 is 0 Å². The molecule has 2 aromatic carbocycles. The third kappa shape index (κ3) is 6.85. The van der Waals surface area contributed by atoms with Crippen molar-refractivity contribution in [2.24, 2.45) is 0 Å². The minimum absolute atomic E-state index is 0.0483. The zero-order valence-electron chi connectivity index (χ0n) is 16.8. The van der Waals surface area contributed by atoms with Crippen LogP contribution in [0.2, 0.25) is 0 Å². The van der Waals surface area contributed by atoms with Crippen LogP contribution in [-0.2, 0) is 11.3 Å². The van der Waals surface area contributed by atoms with Crippen LogP contribution in [0.5, 0.6) is 5.75 Å². The van der Waals surface area contributed by atoms with Crippen molar-refractivity contribution in [3.63, 3.8) is 0 Å². The van der Waals surface area contributed by atoms with Gasteiger partial charge >= 0.3 is 0 Å². The number of hydrogen-bond acceptors (Lipinski definition) is 4. The van der Waals surface area contributed by atoms with E-state index in [1.54, 1.807) is 0 Å². The zero-order chi connectivity index (χ0) is 20.3. The Morgan fingerprint density at radius 2 is 1.69 bits per heavy atom. The molecule has 0 unspecified atom stereocenters. The first kappa shape index (κ1) is 20.8. The number of likely N-dealkylation sites (tertiary alicyclic amines) is 1. The molecule has 0 aromatic heterocycles. The lowest BCUT2D eigenvalue weighted by Crippen LogP contribution is -2.33. The van der Waals surface area contributed by atoms with Crippen molar-refractivity contribution in [3.8, 4) is 18.1 Å². The molecule has 5 nitrogen and oxygen atoms in total. The van der Waals surface area contributed by atoms with Gasteiger partial charge in [-0.2, -0.15) is 0 Å². The number of amides is 1. The fraction of sp³-hybridized carbons (Fsp3) is 0.375. The molecule has 5 heteroatoms. The summed E-state index contributed by atoms with van der Waals surface area (Å²) in [5.41, 5.74) is 2.83. The number of anilines is 2. The van der Waals surface area contributed by atoms with Gasteiger partial charge in [0.2, 0.25) is 5.91 Å². The number of carbonyl (C=O) groups is 1. The highest BCUT2D eigenvalue weighted by molar-refractivity contribution is 5.92. The Labute approximate surface area is 173 Å². The summed E-state index contributed by atoms with van der Waals surface area (Å²) in [7, 11) is 0. The van der Waals surface area contributed by atoms with Crippen molar-refractivity contribution in [1.82, 2.24) is 4.90 Å². The second kappa shape index (κ2) is 11.1. The quantitative estimate of drug-likeness (QED) is 0.665. The number of terminal acetylenes is 1. The third-order valence-electron chi connectivity index (χ3n) is 5.00. The molecule has 0 bridgehead atoms. The molecule has 3 rings (SSSR count). The van der Waals surface area contributed by atoms with E-state index in [0.717, 1.165) is 35.8 Å². The van der Waals surface area contributed by atoms with Crippen LogP contribution < -0.4 is 15.4 Å². The molecular formula is C24H29N3O2. The van der Waals surface area contributed by atoms with Gasteiger partial charge in [0, 0.05) is 23.5 Å². The standard InChI is InChI=1S/C24H29N3O2/c1-2-17-29-23-10-6-5-9-20(23)18-25-21-11-13-22(14-12-21)26-24(28)19-27-15-7-3-4-8-16-27/h1,5-6,9-14,25H,3-4,7-8,15-19H2,(H,26,28). The summed E-state index contributed by atoms with van der Waals surface area (Å²) in [5.74, 6) is 3.32. The summed E-state index contributed by atoms with van der Waals surface area (Å²) in [6.07, 6.45) is 10.2. The molecule has 1 saturated heterocycles. The Balaban J connectivity index is 1.49. The van der Waals surface area contributed by atoms with Crippen molar-refractivity contribution >= 4 is 17.3 Å². The van der Waals surface area contributed by atoms with E-state index in [1.807, 2.05) is 48.5 Å². The van der Waals surface area contributed by atoms with Gasteiger partial charge in [0.05, 0.1) is 6.54 Å². The van der Waals surface area contributed by atoms with Gasteiger partial charge < -0.3 is 15.4 Å². The van der Waals surface area contributed by atoms with Crippen molar-refractivity contribution in [2.45, 2.75) is 32.2 Å². The van der Waals surface area contributed by atoms with Gasteiger partial charge in [-0.3, -0.25) is 9.69 Å². The van der Waals surface area contributed by atoms with E-state index >= 15 is 0 Å². The summed E-state index contributed by atoms with van der Waals surface area (Å²) in [5, 5.41) is 6.37. The second-order valence-corrected chi connectivity index (χ2v) is 7.27. The first-order valence-electron chi connectivity index (χ1n) is 10.2. The smallest absolute Gasteiger partial charge is 0.238 e. The molecule has 0 saturated carbocycles. The maximum atomic E-state index is 12.3. The molecule has 2 aromatic rings. The van der Waals surface area contributed by atoms with E-state index in [1.165, 1.54) is 25.7 Å². The lowest BCUT2D eigenvalue weighted by molar-refractivity contribution is -0.117. The highest BCUT2D eigenvalue weighted by Gasteiger charge is 2.13. The van der Waals surface area contributed by atoms with Crippen molar-refractivity contribution in [1.29, 1.82) is 0 Å². The Bertz CT molecular complexity index is 819. The Morgan fingerprint density at radius 1 is 1.00 bits per heavy atom. The number of nitrogens with one attached hydrogen (secondary N) is 2. The number of ether oxygens (including phenoxy) is 1. The fourth-order valence-electron chi connectivity index (χ4n) is 3.48. The molecular weight excluding hydrogens is 362 g/mol. The molecule has 152 valence electrons. The van der Waals surface area contributed by atoms with Crippen LogP contribution in [0, 0.1) is 12.3 Å². The van der Waals surface area contributed by atoms with Crippen molar-refractivity contribution in [3.05, 3.63) is 54.1 Å². The van der Waals surface area contributed by atoms with Gasteiger partial charge in [-0.15, -0.1) is 6.42 Å². The Morgan fingerprint density at radius 3 is 2.41 bits per heavy atom. The highest BCUT2D eigenvalue weighted by Crippen LogP contribution is 2.20. The van der Waals surface area contributed by atoms with E-state index in [-0.39, 0.29) is 12.5 Å². The van der Waals surface area contributed by atoms with E-state index in [0.29, 0.717) is 13.1 Å². The number of rotatable bonds is 8. The summed E-state index contributed by atoms with van der Waals surface area (Å²) < 4.78 is 5.58. The molecule has 2 N–H and O–H groups in total. The van der Waals surface area contributed by atoms with Gasteiger partial charge in [-0.05, 0) is 56.3 Å². The number of carbonyl (C=O) groups excluding carboxylic acids is 1. The van der Waals surface area contributed by atoms with Crippen LogP contribution in [0.15, 0.2) is 48.5 Å². The molecule has 1 aliphatic heterocycles. The summed E-state index contributed by atoms with van der Waals surface area (Å²) in [6.45, 7) is 3.38. The van der Waals surface area contributed by atoms with E-state index in [2.05, 4.69) is 21.5 Å². The molecule has 0 radical (unpaired) electrons. The monoisotopic (exact) mass is 391 g/mol. The molecule has 0 aliphatic carbocycles. The topological polar surface area (TPSA) is 53.6 Å². The number of benzene rings is 2. The van der Waals surface area contributed by atoms with E-state index in [9.17, 15) is 4.79 Å². The Kier molecular flexibility index (Phi) is 7.97. The molecule has 0 spiro atoms. The molecule has 0 atom stereocenters. The summed E-state index contributed by atoms with van der Waals surface area (Å²) in [4.78, 5) is 14.6. The fourth-order valence-corrected chi connectivity index (χ4v) is 3.48. The van der Waals surface area contributed by atoms with Crippen LogP contribution in [0.4, 0.5) is 11.4 Å². The molecule has 1 aliphatic rings. The number of hydrogen-bond donors (Lipinski definition) is 2. The zero-order valence-corrected chi connectivity index (χ0v) is 16.8. The third-order valence-corrected chi connectivity index (χ3v) is 5.00. The van der Waals surface area contributed by atoms with Gasteiger partial charge in [0.1, 0.15) is 12.4 Å². The minimum Gasteiger partial charge on any atom is -0.481 e. The minimum atomic E-state index is 0.0483. The van der Waals surface area contributed by atoms with Gasteiger partial charge in [-0.25, -0.2) is 0 Å². The lowest BCUT2D eigenvalue weighted by atomic mass is 10.2. The van der Waals surface area contributed by atoms with Gasteiger partial charge in [0.15, 0.2) is 0 Å². The maximum absolute atomic E-state index is 12.3. The first-order valence-corrected chi connectivity index (χ1v) is 10.2. The summed E-state index contributed by atoms with van der Waals surface area (Å²) in [6, 6.07) is 15.6. The van der Waals surface area contributed by atoms with Crippen LogP contribution in [0.1, 0.15) is 31.2 Å². The predicted molar refractivity (Wildman–Crippen MR) is 118 cm³/mol. The van der Waals surface area contributed by atoms with E-state index in [4.69, 9.17) is 11.2 Å². The van der Waals surface area contributed by atoms with Crippen molar-refractivity contribution < 1.29 is 9.53 Å². The van der Waals surface area contributed by atoms with Crippen molar-refractivity contribution in [2.75, 3.05) is 36.9 Å². The average Bonchev–Trinajstić information content (AvgIpc) is 3.01. The normalized spacial score (nSPS) is 14.4. The molecule has 1 heterocycles. The van der Waals surface area contributed by atoms with Crippen LogP contribution in [0.25, 0.3) is 0 Å². The van der Waals surface area contributed by atoms with Crippen LogP contribution in [-0.4, -0.2) is 37.0 Å². The first-order chi connectivity index (χ1) is 14.2. The second-order valence-electron chi connectivity index (χ2n) is 7.27. The van der Waals surface area contributed by atoms with Crippen LogP contribution in [0.3, 0.4) is 0 Å². The summed E-state index contributed by atoms with van der Waals surface area (Å²) >= 11 is 0. The number of nitrogens with zero attached hydrogens (tertiary/aromatic N) is 1. The highest BCUT2D eigenvalue weighted by atomic mass is 16.5. The number of para-hydroxylation sites is 1. The maximum Gasteiger partial charge on any atom is 0.238 e. The van der Waals surface area contributed by atoms with Gasteiger partial charge in [-0.1, -0.05) is 37.0 Å². The Hall–Kier alpha value is -2.97.